The predicted molar refractivity (Wildman–Crippen MR) is 78.1 cm³/mol. The van der Waals surface area contributed by atoms with E-state index in [-0.39, 0.29) is 6.61 Å². The molecule has 4 heteroatoms. The van der Waals surface area contributed by atoms with E-state index in [4.69, 9.17) is 9.84 Å². The molecule has 0 fully saturated rings. The zero-order chi connectivity index (χ0) is 13.4. The minimum absolute atomic E-state index is 0.254. The van der Waals surface area contributed by atoms with Crippen LogP contribution in [0.5, 0.6) is 5.75 Å². The van der Waals surface area contributed by atoms with Crippen LogP contribution in [0.1, 0.15) is 18.9 Å². The molecule has 102 valence electrons. The van der Waals surface area contributed by atoms with Gasteiger partial charge in [0.25, 0.3) is 0 Å². The Kier molecular flexibility index (Phi) is 7.32. The SMILES string of the molecule is CCC(CO)CNCCc1cc(Br)ccc1OC. The number of rotatable bonds is 8. The molecule has 1 rings (SSSR count). The molecule has 0 aliphatic rings. The van der Waals surface area contributed by atoms with E-state index in [1.165, 1.54) is 5.56 Å². The number of halogens is 1. The van der Waals surface area contributed by atoms with E-state index < -0.39 is 0 Å². The van der Waals surface area contributed by atoms with Gasteiger partial charge in [-0.3, -0.25) is 0 Å². The largest absolute Gasteiger partial charge is 0.496 e. The van der Waals surface area contributed by atoms with E-state index in [0.717, 1.165) is 36.2 Å². The van der Waals surface area contributed by atoms with Crippen molar-refractivity contribution < 1.29 is 9.84 Å². The van der Waals surface area contributed by atoms with E-state index in [9.17, 15) is 0 Å². The molecule has 1 aromatic carbocycles. The Hall–Kier alpha value is -0.580. The van der Waals surface area contributed by atoms with Gasteiger partial charge in [-0.05, 0) is 49.1 Å². The van der Waals surface area contributed by atoms with Gasteiger partial charge in [-0.1, -0.05) is 22.9 Å². The molecule has 0 bridgehead atoms. The summed E-state index contributed by atoms with van der Waals surface area (Å²) in [6.45, 7) is 4.11. The minimum Gasteiger partial charge on any atom is -0.496 e. The van der Waals surface area contributed by atoms with Gasteiger partial charge in [0.2, 0.25) is 0 Å². The van der Waals surface area contributed by atoms with E-state index in [2.05, 4.69) is 34.2 Å². The Morgan fingerprint density at radius 1 is 1.44 bits per heavy atom. The zero-order valence-corrected chi connectivity index (χ0v) is 12.7. The fourth-order valence-corrected chi connectivity index (χ4v) is 2.22. The monoisotopic (exact) mass is 315 g/mol. The molecule has 1 atom stereocenters. The van der Waals surface area contributed by atoms with Crippen molar-refractivity contribution in [2.45, 2.75) is 19.8 Å². The van der Waals surface area contributed by atoms with Crippen molar-refractivity contribution in [2.24, 2.45) is 5.92 Å². The number of hydrogen-bond acceptors (Lipinski definition) is 3. The Morgan fingerprint density at radius 3 is 2.83 bits per heavy atom. The van der Waals surface area contributed by atoms with Crippen LogP contribution in [-0.4, -0.2) is 31.9 Å². The lowest BCUT2D eigenvalue weighted by atomic mass is 10.1. The first kappa shape index (κ1) is 15.5. The fourth-order valence-electron chi connectivity index (χ4n) is 1.81. The molecule has 1 unspecified atom stereocenters. The van der Waals surface area contributed by atoms with Crippen LogP contribution in [0.15, 0.2) is 22.7 Å². The summed E-state index contributed by atoms with van der Waals surface area (Å²) >= 11 is 3.47. The van der Waals surface area contributed by atoms with Crippen molar-refractivity contribution in [1.82, 2.24) is 5.32 Å². The van der Waals surface area contributed by atoms with Gasteiger partial charge in [-0.15, -0.1) is 0 Å². The summed E-state index contributed by atoms with van der Waals surface area (Å²) in [6.07, 6.45) is 1.92. The summed E-state index contributed by atoms with van der Waals surface area (Å²) in [7, 11) is 1.69. The lowest BCUT2D eigenvalue weighted by Crippen LogP contribution is -2.26. The Balaban J connectivity index is 2.41. The van der Waals surface area contributed by atoms with Crippen molar-refractivity contribution in [3.63, 3.8) is 0 Å². The maximum atomic E-state index is 9.09. The second-order valence-corrected chi connectivity index (χ2v) is 5.28. The van der Waals surface area contributed by atoms with Crippen LogP contribution >= 0.6 is 15.9 Å². The van der Waals surface area contributed by atoms with Gasteiger partial charge in [0.15, 0.2) is 0 Å². The first-order chi connectivity index (χ1) is 8.71. The molecule has 3 nitrogen and oxygen atoms in total. The molecule has 0 radical (unpaired) electrons. The van der Waals surface area contributed by atoms with E-state index in [0.29, 0.717) is 5.92 Å². The van der Waals surface area contributed by atoms with Gasteiger partial charge in [-0.2, -0.15) is 0 Å². The lowest BCUT2D eigenvalue weighted by Gasteiger charge is -2.13. The van der Waals surface area contributed by atoms with Crippen molar-refractivity contribution in [3.8, 4) is 5.75 Å². The highest BCUT2D eigenvalue weighted by molar-refractivity contribution is 9.10. The summed E-state index contributed by atoms with van der Waals surface area (Å²) in [5.74, 6) is 1.28. The maximum absolute atomic E-state index is 9.09. The van der Waals surface area contributed by atoms with E-state index >= 15 is 0 Å². The number of nitrogens with one attached hydrogen (secondary N) is 1. The molecule has 0 aliphatic heterocycles. The van der Waals surface area contributed by atoms with Gasteiger partial charge < -0.3 is 15.2 Å². The van der Waals surface area contributed by atoms with Crippen molar-refractivity contribution in [3.05, 3.63) is 28.2 Å². The average molecular weight is 316 g/mol. The molecule has 1 aromatic rings. The minimum atomic E-state index is 0.254. The van der Waals surface area contributed by atoms with E-state index in [1.54, 1.807) is 7.11 Å². The molecule has 0 saturated carbocycles. The molecule has 0 spiro atoms. The molecule has 0 aromatic heterocycles. The van der Waals surface area contributed by atoms with Gasteiger partial charge in [-0.25, -0.2) is 0 Å². The van der Waals surface area contributed by atoms with Crippen molar-refractivity contribution in [2.75, 3.05) is 26.8 Å². The quantitative estimate of drug-likeness (QED) is 0.725. The van der Waals surface area contributed by atoms with E-state index in [1.807, 2.05) is 12.1 Å². The molecular weight excluding hydrogens is 294 g/mol. The Labute approximate surface area is 118 Å². The molecule has 18 heavy (non-hydrogen) atoms. The fraction of sp³-hybridized carbons (Fsp3) is 0.571. The molecule has 0 aliphatic carbocycles. The van der Waals surface area contributed by atoms with Crippen molar-refractivity contribution >= 4 is 15.9 Å². The highest BCUT2D eigenvalue weighted by Crippen LogP contribution is 2.23. The first-order valence-electron chi connectivity index (χ1n) is 6.35. The van der Waals surface area contributed by atoms with Crippen LogP contribution in [0.3, 0.4) is 0 Å². The van der Waals surface area contributed by atoms with Crippen LogP contribution in [0.2, 0.25) is 0 Å². The third kappa shape index (κ3) is 4.96. The van der Waals surface area contributed by atoms with Gasteiger partial charge in [0.1, 0.15) is 5.75 Å². The van der Waals surface area contributed by atoms with Crippen LogP contribution in [0.25, 0.3) is 0 Å². The zero-order valence-electron chi connectivity index (χ0n) is 11.1. The van der Waals surface area contributed by atoms with Crippen LogP contribution < -0.4 is 10.1 Å². The molecule has 0 saturated heterocycles. The number of aliphatic hydroxyl groups excluding tert-OH is 1. The molecule has 2 N–H and O–H groups in total. The Bertz CT molecular complexity index is 354. The van der Waals surface area contributed by atoms with Gasteiger partial charge in [0, 0.05) is 17.6 Å². The smallest absolute Gasteiger partial charge is 0.122 e. The number of ether oxygens (including phenoxy) is 1. The second kappa shape index (κ2) is 8.51. The molecule has 0 heterocycles. The van der Waals surface area contributed by atoms with Crippen LogP contribution in [0, 0.1) is 5.92 Å². The highest BCUT2D eigenvalue weighted by Gasteiger charge is 2.05. The normalized spacial score (nSPS) is 12.4. The van der Waals surface area contributed by atoms with Gasteiger partial charge in [0.05, 0.1) is 7.11 Å². The summed E-state index contributed by atoms with van der Waals surface area (Å²) in [4.78, 5) is 0. The highest BCUT2D eigenvalue weighted by atomic mass is 79.9. The summed E-state index contributed by atoms with van der Waals surface area (Å²) in [6, 6.07) is 6.04. The summed E-state index contributed by atoms with van der Waals surface area (Å²) in [5.41, 5.74) is 1.19. The number of aliphatic hydroxyl groups is 1. The summed E-state index contributed by atoms with van der Waals surface area (Å²) in [5, 5.41) is 12.5. The molecule has 0 amide bonds. The lowest BCUT2D eigenvalue weighted by molar-refractivity contribution is 0.219. The standard InChI is InChI=1S/C14H22BrNO2/c1-3-11(10-17)9-16-7-6-12-8-13(15)4-5-14(12)18-2/h4-5,8,11,16-17H,3,6-7,9-10H2,1-2H3. The van der Waals surface area contributed by atoms with Crippen molar-refractivity contribution in [1.29, 1.82) is 0 Å². The third-order valence-electron chi connectivity index (χ3n) is 3.08. The number of hydrogen-bond donors (Lipinski definition) is 2. The number of benzene rings is 1. The van der Waals surface area contributed by atoms with Crippen LogP contribution in [-0.2, 0) is 6.42 Å². The predicted octanol–water partition coefficient (Wildman–Crippen LogP) is 2.61. The van der Waals surface area contributed by atoms with Crippen LogP contribution in [0.4, 0.5) is 0 Å². The first-order valence-corrected chi connectivity index (χ1v) is 7.14. The second-order valence-electron chi connectivity index (χ2n) is 4.37. The topological polar surface area (TPSA) is 41.5 Å². The average Bonchev–Trinajstić information content (AvgIpc) is 2.39. The third-order valence-corrected chi connectivity index (χ3v) is 3.58. The maximum Gasteiger partial charge on any atom is 0.122 e. The summed E-state index contributed by atoms with van der Waals surface area (Å²) < 4.78 is 6.40. The number of methoxy groups -OCH3 is 1. The molecular formula is C14H22BrNO2. The Morgan fingerprint density at radius 2 is 2.22 bits per heavy atom. The van der Waals surface area contributed by atoms with Gasteiger partial charge >= 0.3 is 0 Å².